The van der Waals surface area contributed by atoms with E-state index >= 15 is 0 Å². The maximum absolute atomic E-state index is 4.65. The van der Waals surface area contributed by atoms with Crippen molar-refractivity contribution in [3.05, 3.63) is 246 Å². The first-order chi connectivity index (χ1) is 27.2. The van der Waals surface area contributed by atoms with Gasteiger partial charge in [-0.25, -0.2) is 0 Å². The first kappa shape index (κ1) is 34.3. The normalized spacial score (nSPS) is 13.2. The molecule has 0 amide bonds. The molecule has 0 fully saturated rings. The largest absolute Gasteiger partial charge is 0.0946 e. The van der Waals surface area contributed by atoms with Crippen LogP contribution in [0.5, 0.6) is 0 Å². The summed E-state index contributed by atoms with van der Waals surface area (Å²) >= 11 is 0. The highest BCUT2D eigenvalue weighted by molar-refractivity contribution is 5.82. The Bertz CT molecular complexity index is 2440. The lowest BCUT2D eigenvalue weighted by molar-refractivity contribution is 0.715. The van der Waals surface area contributed by atoms with Gasteiger partial charge in [0.05, 0.1) is 0 Å². The molecule has 1 aliphatic rings. The average molecular weight is 705 g/mol. The second-order valence-corrected chi connectivity index (χ2v) is 14.9. The van der Waals surface area contributed by atoms with Crippen LogP contribution in [0, 0.1) is 0 Å². The first-order valence-corrected chi connectivity index (χ1v) is 19.5. The van der Waals surface area contributed by atoms with Gasteiger partial charge in [0, 0.05) is 11.8 Å². The molecule has 0 aromatic heterocycles. The summed E-state index contributed by atoms with van der Waals surface area (Å²) in [7, 11) is 0. The minimum atomic E-state index is 0.267. The molecule has 0 spiro atoms. The number of fused-ring (bicyclic) bond motifs is 3. The van der Waals surface area contributed by atoms with Crippen molar-refractivity contribution in [1.29, 1.82) is 0 Å². The maximum atomic E-state index is 4.65. The van der Waals surface area contributed by atoms with Crippen molar-refractivity contribution >= 4 is 5.57 Å². The van der Waals surface area contributed by atoms with E-state index in [1.54, 1.807) is 0 Å². The summed E-state index contributed by atoms with van der Waals surface area (Å²) in [6.45, 7) is 4.65. The number of allylic oxidation sites excluding steroid dienone is 1. The van der Waals surface area contributed by atoms with E-state index in [2.05, 4.69) is 213 Å². The Kier molecular flexibility index (Phi) is 9.64. The van der Waals surface area contributed by atoms with Crippen LogP contribution in [-0.4, -0.2) is 0 Å². The Morgan fingerprint density at radius 1 is 0.436 bits per heavy atom. The van der Waals surface area contributed by atoms with Gasteiger partial charge in [0.1, 0.15) is 0 Å². The van der Waals surface area contributed by atoms with Gasteiger partial charge in [-0.05, 0) is 103 Å². The van der Waals surface area contributed by atoms with Crippen molar-refractivity contribution in [1.82, 2.24) is 0 Å². The third-order valence-electron chi connectivity index (χ3n) is 11.6. The van der Waals surface area contributed by atoms with Crippen LogP contribution in [0.1, 0.15) is 51.6 Å². The number of hydrogen-bond acceptors (Lipinski definition) is 0. The zero-order valence-corrected chi connectivity index (χ0v) is 31.1. The van der Waals surface area contributed by atoms with Gasteiger partial charge in [-0.3, -0.25) is 0 Å². The van der Waals surface area contributed by atoms with Gasteiger partial charge in [-0.1, -0.05) is 213 Å². The molecule has 0 aliphatic heterocycles. The van der Waals surface area contributed by atoms with Crippen molar-refractivity contribution in [2.45, 2.75) is 31.1 Å². The second-order valence-electron chi connectivity index (χ2n) is 14.9. The third-order valence-corrected chi connectivity index (χ3v) is 11.6. The summed E-state index contributed by atoms with van der Waals surface area (Å²) in [5, 5.41) is 0. The summed E-state index contributed by atoms with van der Waals surface area (Å²) in [5.41, 5.74) is 19.4. The molecule has 264 valence electrons. The summed E-state index contributed by atoms with van der Waals surface area (Å²) in [5.74, 6) is 0.559. The predicted octanol–water partition coefficient (Wildman–Crippen LogP) is 14.5. The van der Waals surface area contributed by atoms with Gasteiger partial charge in [0.2, 0.25) is 0 Å². The summed E-state index contributed by atoms with van der Waals surface area (Å²) in [6, 6.07) is 75.6. The van der Waals surface area contributed by atoms with Crippen molar-refractivity contribution < 1.29 is 0 Å². The van der Waals surface area contributed by atoms with Crippen molar-refractivity contribution in [3.8, 4) is 44.5 Å². The molecule has 1 unspecified atom stereocenters. The highest BCUT2D eigenvalue weighted by Gasteiger charge is 2.26. The molecule has 0 bridgehead atoms. The molecule has 1 aliphatic carbocycles. The molecule has 55 heavy (non-hydrogen) atoms. The Morgan fingerprint density at radius 3 is 1.44 bits per heavy atom. The van der Waals surface area contributed by atoms with Crippen LogP contribution in [0.25, 0.3) is 50.1 Å². The molecule has 8 aromatic carbocycles. The maximum Gasteiger partial charge on any atom is 0.0136 e. The van der Waals surface area contributed by atoms with Crippen molar-refractivity contribution in [2.24, 2.45) is 0 Å². The van der Waals surface area contributed by atoms with E-state index < -0.39 is 0 Å². The molecule has 9 rings (SSSR count). The molecule has 0 saturated heterocycles. The molecule has 0 N–H and O–H groups in total. The van der Waals surface area contributed by atoms with E-state index in [0.717, 1.165) is 19.3 Å². The van der Waals surface area contributed by atoms with Crippen LogP contribution in [-0.2, 0) is 12.8 Å². The van der Waals surface area contributed by atoms with Gasteiger partial charge in [-0.2, -0.15) is 0 Å². The van der Waals surface area contributed by atoms with Gasteiger partial charge >= 0.3 is 0 Å². The summed E-state index contributed by atoms with van der Waals surface area (Å²) < 4.78 is 0. The minimum Gasteiger partial charge on any atom is -0.0946 e. The fraction of sp³-hybridized carbons (Fsp3) is 0.0909. The van der Waals surface area contributed by atoms with E-state index in [-0.39, 0.29) is 5.92 Å². The average Bonchev–Trinajstić information content (AvgIpc) is 3.27. The molecule has 0 heterocycles. The topological polar surface area (TPSA) is 0 Å². The highest BCUT2D eigenvalue weighted by Crippen LogP contribution is 2.45. The van der Waals surface area contributed by atoms with Crippen molar-refractivity contribution in [2.75, 3.05) is 0 Å². The van der Waals surface area contributed by atoms with Crippen LogP contribution >= 0.6 is 0 Å². The Labute approximate surface area is 326 Å². The second kappa shape index (κ2) is 15.5. The monoisotopic (exact) mass is 704 g/mol. The van der Waals surface area contributed by atoms with Gasteiger partial charge in [-0.15, -0.1) is 0 Å². The predicted molar refractivity (Wildman–Crippen MR) is 233 cm³/mol. The smallest absolute Gasteiger partial charge is 0.0136 e. The molecular formula is C55H44. The Morgan fingerprint density at radius 2 is 0.873 bits per heavy atom. The fourth-order valence-corrected chi connectivity index (χ4v) is 8.50. The van der Waals surface area contributed by atoms with E-state index in [0.29, 0.717) is 5.92 Å². The highest BCUT2D eigenvalue weighted by atomic mass is 14.3. The molecular weight excluding hydrogens is 661 g/mol. The first-order valence-electron chi connectivity index (χ1n) is 19.5. The van der Waals surface area contributed by atoms with Crippen LogP contribution in [0.15, 0.2) is 213 Å². The molecule has 1 atom stereocenters. The van der Waals surface area contributed by atoms with Crippen LogP contribution in [0.3, 0.4) is 0 Å². The zero-order valence-electron chi connectivity index (χ0n) is 31.1. The molecule has 0 nitrogen and oxygen atoms in total. The van der Waals surface area contributed by atoms with E-state index in [1.807, 2.05) is 0 Å². The molecule has 0 radical (unpaired) electrons. The number of hydrogen-bond donors (Lipinski definition) is 0. The van der Waals surface area contributed by atoms with Crippen molar-refractivity contribution in [3.63, 3.8) is 0 Å². The summed E-state index contributed by atoms with van der Waals surface area (Å²) in [4.78, 5) is 0. The van der Waals surface area contributed by atoms with Crippen LogP contribution < -0.4 is 0 Å². The lowest BCUT2D eigenvalue weighted by atomic mass is 9.74. The SMILES string of the molecule is C=C(c1ccc(-c2ccc(CCC(c3ccc(-c4ccccc4)cc3)c3ccc(-c4ccccc4)cc3)cc2)cc1)C1Cc2ccccc2-c2ccccc21. The molecule has 0 saturated carbocycles. The van der Waals surface area contributed by atoms with Gasteiger partial charge in [0.25, 0.3) is 0 Å². The number of rotatable bonds is 10. The van der Waals surface area contributed by atoms with Crippen LogP contribution in [0.2, 0.25) is 0 Å². The molecule has 8 aromatic rings. The zero-order chi connectivity index (χ0) is 37.0. The minimum absolute atomic E-state index is 0.267. The quantitative estimate of drug-likeness (QED) is 0.133. The lowest BCUT2D eigenvalue weighted by Crippen LogP contribution is -2.12. The lowest BCUT2D eigenvalue weighted by Gasteiger charge is -2.29. The summed E-state index contributed by atoms with van der Waals surface area (Å²) in [6.07, 6.45) is 3.00. The Balaban J connectivity index is 0.914. The number of aryl methyl sites for hydroxylation is 1. The Hall–Kier alpha value is -6.50. The van der Waals surface area contributed by atoms with E-state index in [4.69, 9.17) is 0 Å². The number of benzene rings is 8. The van der Waals surface area contributed by atoms with Crippen LogP contribution in [0.4, 0.5) is 0 Å². The van der Waals surface area contributed by atoms with E-state index in [9.17, 15) is 0 Å². The molecule has 0 heteroatoms. The standard InChI is InChI=1S/C55H44/c1-39(55-38-50-16-8-9-17-52(50)53-18-10-11-19-54(53)55)41-25-27-47(28-26-41)44-23-20-40(21-24-44)22-37-51(48-33-29-45(30-34-48)42-12-4-2-5-13-42)49-35-31-46(32-36-49)43-14-6-3-7-15-43/h2-21,23-36,51,55H,1,22,37-38H2. The third kappa shape index (κ3) is 7.25. The fourth-order valence-electron chi connectivity index (χ4n) is 8.50. The van der Waals surface area contributed by atoms with Gasteiger partial charge in [0.15, 0.2) is 0 Å². The van der Waals surface area contributed by atoms with E-state index in [1.165, 1.54) is 83.5 Å². The van der Waals surface area contributed by atoms with Gasteiger partial charge < -0.3 is 0 Å².